The molecule has 5 heteroatoms. The Morgan fingerprint density at radius 1 is 1.17 bits per heavy atom. The molecule has 1 aliphatic heterocycles. The number of carbonyl (C=O) groups excluding carboxylic acids is 2. The Morgan fingerprint density at radius 3 is 2.50 bits per heavy atom. The van der Waals surface area contributed by atoms with Crippen molar-refractivity contribution in [2.45, 2.75) is 45.1 Å². The first kappa shape index (κ1) is 16.8. The molecule has 130 valence electrons. The number of hydrogen-bond acceptors (Lipinski definition) is 3. The van der Waals surface area contributed by atoms with Gasteiger partial charge in [0.2, 0.25) is 11.8 Å². The lowest BCUT2D eigenvalue weighted by Gasteiger charge is -2.30. The Labute approximate surface area is 144 Å². The van der Waals surface area contributed by atoms with Crippen LogP contribution in [0.4, 0.5) is 5.69 Å². The maximum atomic E-state index is 12.5. The van der Waals surface area contributed by atoms with E-state index in [-0.39, 0.29) is 23.8 Å². The van der Waals surface area contributed by atoms with Crippen LogP contribution in [-0.2, 0) is 9.59 Å². The molecule has 5 nitrogen and oxygen atoms in total. The smallest absolute Gasteiger partial charge is 0.241 e. The van der Waals surface area contributed by atoms with E-state index in [2.05, 4.69) is 12.2 Å². The van der Waals surface area contributed by atoms with Crippen LogP contribution in [0.2, 0.25) is 0 Å². The Balaban J connectivity index is 1.57. The molecular weight excluding hydrogens is 302 g/mol. The molecule has 24 heavy (non-hydrogen) atoms. The third-order valence-corrected chi connectivity index (χ3v) is 5.33. The maximum Gasteiger partial charge on any atom is 0.241 e. The molecule has 3 rings (SSSR count). The van der Waals surface area contributed by atoms with Gasteiger partial charge in [-0.25, -0.2) is 0 Å². The molecule has 1 saturated carbocycles. The summed E-state index contributed by atoms with van der Waals surface area (Å²) in [6.45, 7) is 2.73. The quantitative estimate of drug-likeness (QED) is 0.924. The van der Waals surface area contributed by atoms with Gasteiger partial charge in [0.1, 0.15) is 0 Å². The zero-order valence-corrected chi connectivity index (χ0v) is 14.6. The number of para-hydroxylation sites is 1. The monoisotopic (exact) mass is 329 g/mol. The van der Waals surface area contributed by atoms with Crippen molar-refractivity contribution in [3.8, 4) is 0 Å². The Hall–Kier alpha value is -2.04. The van der Waals surface area contributed by atoms with E-state index in [1.807, 2.05) is 42.4 Å². The number of hydrazine groups is 1. The fourth-order valence-corrected chi connectivity index (χ4v) is 3.66. The fraction of sp³-hybridized carbons (Fsp3) is 0.579. The van der Waals surface area contributed by atoms with Crippen LogP contribution in [0.1, 0.15) is 39.0 Å². The van der Waals surface area contributed by atoms with Crippen LogP contribution in [0.5, 0.6) is 0 Å². The van der Waals surface area contributed by atoms with Crippen molar-refractivity contribution in [3.05, 3.63) is 30.3 Å². The second-order valence-electron chi connectivity index (χ2n) is 7.20. The van der Waals surface area contributed by atoms with Crippen molar-refractivity contribution in [2.24, 2.45) is 11.8 Å². The highest BCUT2D eigenvalue weighted by Gasteiger charge is 2.37. The first-order valence-electron chi connectivity index (χ1n) is 8.94. The van der Waals surface area contributed by atoms with Gasteiger partial charge < -0.3 is 5.32 Å². The molecule has 0 aromatic heterocycles. The molecule has 2 amide bonds. The van der Waals surface area contributed by atoms with Crippen LogP contribution in [0.25, 0.3) is 0 Å². The van der Waals surface area contributed by atoms with Gasteiger partial charge in [-0.1, -0.05) is 25.1 Å². The topological polar surface area (TPSA) is 52.7 Å². The highest BCUT2D eigenvalue weighted by Crippen LogP contribution is 2.26. The second kappa shape index (κ2) is 7.24. The number of nitrogens with zero attached hydrogens (tertiary/aromatic N) is 2. The maximum absolute atomic E-state index is 12.5. The summed E-state index contributed by atoms with van der Waals surface area (Å²) >= 11 is 0. The average Bonchev–Trinajstić information content (AvgIpc) is 2.99. The van der Waals surface area contributed by atoms with Crippen LogP contribution in [0, 0.1) is 11.8 Å². The third-order valence-electron chi connectivity index (χ3n) is 5.33. The average molecular weight is 329 g/mol. The molecule has 1 atom stereocenters. The summed E-state index contributed by atoms with van der Waals surface area (Å²) < 4.78 is 0. The van der Waals surface area contributed by atoms with E-state index >= 15 is 0 Å². The van der Waals surface area contributed by atoms with E-state index in [4.69, 9.17) is 0 Å². The van der Waals surface area contributed by atoms with E-state index in [0.29, 0.717) is 13.0 Å². The summed E-state index contributed by atoms with van der Waals surface area (Å²) in [5, 5.41) is 6.69. The molecule has 1 aromatic carbocycles. The first-order valence-corrected chi connectivity index (χ1v) is 8.94. The number of anilines is 1. The molecule has 2 fully saturated rings. The summed E-state index contributed by atoms with van der Waals surface area (Å²) in [7, 11) is 1.87. The van der Waals surface area contributed by atoms with Crippen molar-refractivity contribution < 1.29 is 9.59 Å². The summed E-state index contributed by atoms with van der Waals surface area (Å²) in [6, 6.07) is 10.0. The lowest BCUT2D eigenvalue weighted by atomic mass is 9.87. The van der Waals surface area contributed by atoms with Crippen molar-refractivity contribution in [1.82, 2.24) is 10.3 Å². The van der Waals surface area contributed by atoms with Crippen LogP contribution >= 0.6 is 0 Å². The van der Waals surface area contributed by atoms with Gasteiger partial charge in [-0.2, -0.15) is 0 Å². The van der Waals surface area contributed by atoms with Gasteiger partial charge in [0, 0.05) is 19.5 Å². The molecular formula is C19H27N3O2. The minimum atomic E-state index is -0.247. The standard InChI is InChI=1S/C19H27N3O2/c1-14-8-10-16(11-9-14)20-19(24)15-12-18(23)22(13-15)21(2)17-6-4-3-5-7-17/h3-7,14-16H,8-13H2,1-2H3,(H,20,24). The lowest BCUT2D eigenvalue weighted by molar-refractivity contribution is -0.129. The van der Waals surface area contributed by atoms with E-state index in [9.17, 15) is 9.59 Å². The molecule has 0 spiro atoms. The largest absolute Gasteiger partial charge is 0.353 e. The van der Waals surface area contributed by atoms with Crippen LogP contribution < -0.4 is 10.3 Å². The van der Waals surface area contributed by atoms with E-state index in [0.717, 1.165) is 24.4 Å². The highest BCUT2D eigenvalue weighted by molar-refractivity contribution is 5.90. The number of nitrogens with one attached hydrogen (secondary N) is 1. The molecule has 2 aliphatic rings. The fourth-order valence-electron chi connectivity index (χ4n) is 3.66. The van der Waals surface area contributed by atoms with Crippen LogP contribution in [0.15, 0.2) is 30.3 Å². The van der Waals surface area contributed by atoms with Crippen LogP contribution in [0.3, 0.4) is 0 Å². The number of hydrogen-bond donors (Lipinski definition) is 1. The van der Waals surface area contributed by atoms with Crippen molar-refractivity contribution in [2.75, 3.05) is 18.6 Å². The van der Waals surface area contributed by atoms with Gasteiger partial charge >= 0.3 is 0 Å². The molecule has 0 radical (unpaired) electrons. The highest BCUT2D eigenvalue weighted by atomic mass is 16.2. The molecule has 0 bridgehead atoms. The molecule has 1 N–H and O–H groups in total. The molecule has 1 aromatic rings. The zero-order valence-electron chi connectivity index (χ0n) is 14.6. The number of benzene rings is 1. The second-order valence-corrected chi connectivity index (χ2v) is 7.20. The summed E-state index contributed by atoms with van der Waals surface area (Å²) in [5.74, 6) is 0.565. The Morgan fingerprint density at radius 2 is 1.83 bits per heavy atom. The van der Waals surface area contributed by atoms with Crippen molar-refractivity contribution in [1.29, 1.82) is 0 Å². The summed E-state index contributed by atoms with van der Waals surface area (Å²) in [5.41, 5.74) is 0.952. The predicted octanol–water partition coefficient (Wildman–Crippen LogP) is 2.58. The number of rotatable bonds is 4. The SMILES string of the molecule is CC1CCC(NC(=O)C2CC(=O)N(N(C)c3ccccc3)C2)CC1. The molecule has 1 aliphatic carbocycles. The lowest BCUT2D eigenvalue weighted by Crippen LogP contribution is -2.44. The Kier molecular flexibility index (Phi) is 5.07. The first-order chi connectivity index (χ1) is 11.5. The number of amides is 2. The van der Waals surface area contributed by atoms with Gasteiger partial charge in [-0.3, -0.25) is 19.6 Å². The van der Waals surface area contributed by atoms with Gasteiger partial charge in [-0.15, -0.1) is 0 Å². The summed E-state index contributed by atoms with van der Waals surface area (Å²) in [4.78, 5) is 24.9. The van der Waals surface area contributed by atoms with E-state index in [1.165, 1.54) is 12.8 Å². The normalized spacial score (nSPS) is 27.2. The van der Waals surface area contributed by atoms with Gasteiger partial charge in [0.05, 0.1) is 18.2 Å². The molecule has 1 heterocycles. The van der Waals surface area contributed by atoms with E-state index < -0.39 is 0 Å². The summed E-state index contributed by atoms with van der Waals surface area (Å²) in [6.07, 6.45) is 4.77. The van der Waals surface area contributed by atoms with Gasteiger partial charge in [0.25, 0.3) is 0 Å². The van der Waals surface area contributed by atoms with Crippen molar-refractivity contribution >= 4 is 17.5 Å². The minimum absolute atomic E-state index is 0.0127. The van der Waals surface area contributed by atoms with Crippen LogP contribution in [-0.4, -0.2) is 36.5 Å². The van der Waals surface area contributed by atoms with Gasteiger partial charge in [-0.05, 0) is 43.7 Å². The third kappa shape index (κ3) is 3.71. The van der Waals surface area contributed by atoms with Crippen molar-refractivity contribution in [3.63, 3.8) is 0 Å². The molecule has 1 saturated heterocycles. The minimum Gasteiger partial charge on any atom is -0.353 e. The van der Waals surface area contributed by atoms with E-state index in [1.54, 1.807) is 5.01 Å². The molecule has 1 unspecified atom stereocenters. The predicted molar refractivity (Wildman–Crippen MR) is 94.2 cm³/mol. The number of carbonyl (C=O) groups is 2. The Bertz CT molecular complexity index is 582. The zero-order chi connectivity index (χ0) is 17.1. The van der Waals surface area contributed by atoms with Gasteiger partial charge in [0.15, 0.2) is 0 Å².